The molecule has 4 aliphatic carbocycles. The second-order valence-electron chi connectivity index (χ2n) is 14.8. The molecule has 0 bridgehead atoms. The summed E-state index contributed by atoms with van der Waals surface area (Å²) in [5.41, 5.74) is 5.32. The number of hydrogen-bond donors (Lipinski definition) is 5. The van der Waals surface area contributed by atoms with Crippen molar-refractivity contribution in [2.45, 2.75) is 76.4 Å². The van der Waals surface area contributed by atoms with E-state index < -0.39 is 58.0 Å². The van der Waals surface area contributed by atoms with Gasteiger partial charge in [0, 0.05) is 23.8 Å². The zero-order valence-corrected chi connectivity index (χ0v) is 27.4. The minimum atomic E-state index is -2.71. The molecule has 2 aromatic carbocycles. The number of nitrogens with zero attached hydrogens (tertiary/aromatic N) is 1. The predicted octanol–water partition coefficient (Wildman–Crippen LogP) is 3.84. The zero-order chi connectivity index (χ0) is 34.3. The largest absolute Gasteiger partial charge is 0.508 e. The van der Waals surface area contributed by atoms with Crippen LogP contribution in [0, 0.1) is 17.8 Å². The summed E-state index contributed by atoms with van der Waals surface area (Å²) in [6.07, 6.45) is 2.35. The van der Waals surface area contributed by atoms with Gasteiger partial charge in [-0.2, -0.15) is 0 Å². The van der Waals surface area contributed by atoms with Gasteiger partial charge in [0.1, 0.15) is 28.6 Å². The summed E-state index contributed by atoms with van der Waals surface area (Å²) in [5.74, 6) is -6.73. The number of ketones is 3. The van der Waals surface area contributed by atoms with Crippen molar-refractivity contribution in [2.75, 3.05) is 14.1 Å². The zero-order valence-electron chi connectivity index (χ0n) is 27.4. The number of primary amides is 1. The number of aliphatic hydroxyl groups excluding tert-OH is 2. The minimum Gasteiger partial charge on any atom is -0.508 e. The van der Waals surface area contributed by atoms with Gasteiger partial charge in [-0.05, 0) is 91.4 Å². The van der Waals surface area contributed by atoms with Crippen LogP contribution in [-0.2, 0) is 37.4 Å². The van der Waals surface area contributed by atoms with E-state index in [0.717, 1.165) is 29.5 Å². The van der Waals surface area contributed by atoms with Crippen LogP contribution < -0.4 is 5.73 Å². The average Bonchev–Trinajstić information content (AvgIpc) is 3.84. The van der Waals surface area contributed by atoms with Gasteiger partial charge in [-0.25, -0.2) is 0 Å². The lowest BCUT2D eigenvalue weighted by molar-refractivity contribution is -0.153. The van der Waals surface area contributed by atoms with Gasteiger partial charge in [-0.15, -0.1) is 0 Å². The van der Waals surface area contributed by atoms with E-state index in [0.29, 0.717) is 11.1 Å². The highest BCUT2D eigenvalue weighted by Crippen LogP contribution is 2.54. The first kappa shape index (κ1) is 32.7. The van der Waals surface area contributed by atoms with E-state index in [-0.39, 0.29) is 59.7 Å². The third-order valence-electron chi connectivity index (χ3n) is 10.5. The van der Waals surface area contributed by atoms with E-state index >= 15 is 0 Å². The van der Waals surface area contributed by atoms with Gasteiger partial charge in [0.15, 0.2) is 11.4 Å². The Hall–Kier alpha value is -4.28. The van der Waals surface area contributed by atoms with Crippen LogP contribution in [0.15, 0.2) is 47.2 Å². The third-order valence-corrected chi connectivity index (χ3v) is 10.5. The molecule has 0 spiro atoms. The lowest BCUT2D eigenvalue weighted by Crippen LogP contribution is -2.65. The molecule has 2 saturated carbocycles. The molecule has 6 rings (SSSR count). The highest BCUT2D eigenvalue weighted by atomic mass is 16.3. The maximum atomic E-state index is 14.3. The van der Waals surface area contributed by atoms with Crippen molar-refractivity contribution in [2.24, 2.45) is 23.5 Å². The van der Waals surface area contributed by atoms with Gasteiger partial charge in [-0.3, -0.25) is 24.1 Å². The molecule has 0 aliphatic heterocycles. The highest BCUT2D eigenvalue weighted by Gasteiger charge is 2.64. The van der Waals surface area contributed by atoms with Crippen LogP contribution in [-0.4, -0.2) is 74.3 Å². The molecule has 2 fully saturated rings. The van der Waals surface area contributed by atoms with Crippen molar-refractivity contribution in [1.82, 2.24) is 4.90 Å². The van der Waals surface area contributed by atoms with Crippen molar-refractivity contribution in [1.29, 1.82) is 0 Å². The summed E-state index contributed by atoms with van der Waals surface area (Å²) in [6.45, 7) is 6.34. The molecular weight excluding hydrogens is 600 g/mol. The van der Waals surface area contributed by atoms with Gasteiger partial charge in [0.2, 0.25) is 5.78 Å². The molecule has 6 N–H and O–H groups in total. The molecule has 0 aromatic heterocycles. The van der Waals surface area contributed by atoms with Crippen LogP contribution in [0.1, 0.15) is 68.7 Å². The summed E-state index contributed by atoms with van der Waals surface area (Å²) < 4.78 is 0. The Labute approximate surface area is 273 Å². The fourth-order valence-electron chi connectivity index (χ4n) is 7.83. The minimum absolute atomic E-state index is 0.00652. The molecule has 10 nitrogen and oxygen atoms in total. The van der Waals surface area contributed by atoms with E-state index in [4.69, 9.17) is 5.73 Å². The Morgan fingerprint density at radius 3 is 2.23 bits per heavy atom. The van der Waals surface area contributed by atoms with Crippen molar-refractivity contribution in [3.63, 3.8) is 0 Å². The highest BCUT2D eigenvalue weighted by molar-refractivity contribution is 6.24. The van der Waals surface area contributed by atoms with E-state index in [1.54, 1.807) is 14.1 Å². The lowest BCUT2D eigenvalue weighted by Gasteiger charge is -2.50. The first-order chi connectivity index (χ1) is 22.0. The van der Waals surface area contributed by atoms with Crippen LogP contribution in [0.3, 0.4) is 0 Å². The number of carbonyl (C=O) groups excluding carboxylic acids is 4. The standard InChI is InChI=1S/C37H42N2O8/c1-36(2,3)21-11-8-17(9-12-21)22-14-19(10-13-25(40)18-6-7-18)30(41)27-23(22)15-20-16-24-29(39(4)5)32(43)28(35(38)46)34(45)37(24,47)33(44)26(20)31(27)42/h8-9,11-12,14,18,20,24,29,41-42,45,47H,6-7,10,13,15-16H2,1-5H3,(H2,38,46)/t20-,24-,29?,37-/m1/s1. The number of amides is 1. The van der Waals surface area contributed by atoms with E-state index in [1.165, 1.54) is 4.90 Å². The van der Waals surface area contributed by atoms with Crippen LogP contribution in [0.2, 0.25) is 0 Å². The van der Waals surface area contributed by atoms with Crippen LogP contribution in [0.4, 0.5) is 0 Å². The Balaban J connectivity index is 1.54. The number of fused-ring (bicyclic) bond motifs is 3. The van der Waals surface area contributed by atoms with Crippen LogP contribution in [0.5, 0.6) is 5.75 Å². The summed E-state index contributed by atoms with van der Waals surface area (Å²) in [5, 5.41) is 46.6. The molecule has 2 aromatic rings. The molecule has 4 aliphatic rings. The Bertz CT molecular complexity index is 1790. The van der Waals surface area contributed by atoms with Crippen molar-refractivity contribution < 1.29 is 39.6 Å². The number of phenolic OH excluding ortho intramolecular Hbond substituents is 1. The first-order valence-electron chi connectivity index (χ1n) is 16.1. The van der Waals surface area contributed by atoms with Crippen molar-refractivity contribution >= 4 is 29.0 Å². The maximum absolute atomic E-state index is 14.3. The van der Waals surface area contributed by atoms with E-state index in [9.17, 15) is 39.6 Å². The molecule has 1 amide bonds. The topological polar surface area (TPSA) is 178 Å². The normalized spacial score (nSPS) is 25.9. The Morgan fingerprint density at radius 1 is 1.04 bits per heavy atom. The third kappa shape index (κ3) is 5.09. The van der Waals surface area contributed by atoms with Crippen LogP contribution in [0.25, 0.3) is 16.9 Å². The van der Waals surface area contributed by atoms with Gasteiger partial charge >= 0.3 is 0 Å². The molecular formula is C37H42N2O8. The number of carbonyl (C=O) groups is 4. The molecule has 248 valence electrons. The molecule has 10 heteroatoms. The second-order valence-corrected chi connectivity index (χ2v) is 14.8. The average molecular weight is 643 g/mol. The smallest absolute Gasteiger partial charge is 0.255 e. The van der Waals surface area contributed by atoms with Gasteiger partial charge in [0.05, 0.1) is 11.6 Å². The molecule has 4 atom stereocenters. The lowest BCUT2D eigenvalue weighted by atomic mass is 9.57. The molecule has 0 heterocycles. The van der Waals surface area contributed by atoms with Crippen molar-refractivity contribution in [3.05, 3.63) is 69.5 Å². The summed E-state index contributed by atoms with van der Waals surface area (Å²) in [6, 6.07) is 8.70. The number of nitrogens with two attached hydrogens (primary N) is 1. The van der Waals surface area contributed by atoms with E-state index in [1.807, 2.05) is 30.3 Å². The van der Waals surface area contributed by atoms with Crippen LogP contribution >= 0.6 is 0 Å². The monoisotopic (exact) mass is 642 g/mol. The number of hydrogen-bond acceptors (Lipinski definition) is 9. The SMILES string of the molecule is CN(C)C1C(=O)C(C(N)=O)=C(O)[C@]2(O)C(=O)C3=C(O)c4c(O)c(CCC(=O)C5CC5)cc(-c5ccc(C(C)(C)C)cc5)c4C[C@@H]3C[C@H]12. The van der Waals surface area contributed by atoms with Crippen molar-refractivity contribution in [3.8, 4) is 16.9 Å². The molecule has 47 heavy (non-hydrogen) atoms. The first-order valence-corrected chi connectivity index (χ1v) is 16.1. The number of likely N-dealkylation sites (N-methyl/N-ethyl adjacent to an activating group) is 1. The Morgan fingerprint density at radius 2 is 1.68 bits per heavy atom. The number of aromatic hydroxyl groups is 1. The second kappa shape index (κ2) is 11.2. The molecule has 0 radical (unpaired) electrons. The summed E-state index contributed by atoms with van der Waals surface area (Å²) >= 11 is 0. The number of aliphatic hydroxyl groups is 3. The Kier molecular flexibility index (Phi) is 7.76. The van der Waals surface area contributed by atoms with Gasteiger partial charge in [0.25, 0.3) is 5.91 Å². The quantitative estimate of drug-likeness (QED) is 0.281. The summed E-state index contributed by atoms with van der Waals surface area (Å²) in [7, 11) is 3.14. The number of rotatable bonds is 7. The fraction of sp³-hybridized carbons (Fsp3) is 0.459. The van der Waals surface area contributed by atoms with Gasteiger partial charge < -0.3 is 26.2 Å². The fourth-order valence-corrected chi connectivity index (χ4v) is 7.83. The number of benzene rings is 2. The number of Topliss-reactive ketones (excluding diaryl/α,β-unsaturated/α-hetero) is 3. The number of phenols is 1. The molecule has 1 unspecified atom stereocenters. The number of aryl methyl sites for hydroxylation is 1. The maximum Gasteiger partial charge on any atom is 0.255 e. The predicted molar refractivity (Wildman–Crippen MR) is 174 cm³/mol. The van der Waals surface area contributed by atoms with Gasteiger partial charge in [-0.1, -0.05) is 45.0 Å². The van der Waals surface area contributed by atoms with E-state index in [2.05, 4.69) is 20.8 Å². The summed E-state index contributed by atoms with van der Waals surface area (Å²) in [4.78, 5) is 54.1. The molecule has 0 saturated heterocycles.